The number of nitro benzene ring substituents is 1. The largest absolute Gasteiger partial charge is 0.460 e. The molecule has 1 amide bonds. The molecular weight excluding hydrogens is 340 g/mol. The summed E-state index contributed by atoms with van der Waals surface area (Å²) in [4.78, 5) is 34.7. The van der Waals surface area contributed by atoms with Crippen LogP contribution in [0.4, 0.5) is 11.4 Å². The van der Waals surface area contributed by atoms with Crippen LogP contribution in [0, 0.1) is 10.1 Å². The van der Waals surface area contributed by atoms with Crippen LogP contribution in [0.15, 0.2) is 59.7 Å². The minimum absolute atomic E-state index is 0.0632. The van der Waals surface area contributed by atoms with E-state index in [4.69, 9.17) is 4.74 Å². The van der Waals surface area contributed by atoms with Crippen molar-refractivity contribution in [1.29, 1.82) is 0 Å². The molecule has 2 rings (SSSR count). The van der Waals surface area contributed by atoms with Gasteiger partial charge < -0.3 is 4.74 Å². The monoisotopic (exact) mass is 356 g/mol. The van der Waals surface area contributed by atoms with E-state index in [2.05, 4.69) is 15.8 Å². The smallest absolute Gasteiger partial charge is 0.376 e. The highest BCUT2D eigenvalue weighted by Gasteiger charge is 2.18. The van der Waals surface area contributed by atoms with Crippen LogP contribution < -0.4 is 10.7 Å². The van der Waals surface area contributed by atoms with Gasteiger partial charge in [0, 0.05) is 11.6 Å². The van der Waals surface area contributed by atoms with Crippen LogP contribution in [0.2, 0.25) is 0 Å². The molecule has 9 heteroatoms. The molecule has 0 spiro atoms. The van der Waals surface area contributed by atoms with Crippen LogP contribution in [-0.4, -0.2) is 29.2 Å². The maximum absolute atomic E-state index is 12.2. The number of hydrazone groups is 1. The Labute approximate surface area is 148 Å². The number of nitrogens with zero attached hydrogens (tertiary/aromatic N) is 2. The van der Waals surface area contributed by atoms with Gasteiger partial charge in [-0.25, -0.2) is 4.79 Å². The molecule has 0 aliphatic heterocycles. The third-order valence-electron chi connectivity index (χ3n) is 3.13. The Morgan fingerprint density at radius 3 is 2.42 bits per heavy atom. The van der Waals surface area contributed by atoms with Gasteiger partial charge in [-0.15, -0.1) is 5.10 Å². The fourth-order valence-corrected chi connectivity index (χ4v) is 1.94. The van der Waals surface area contributed by atoms with Gasteiger partial charge in [0.15, 0.2) is 0 Å². The summed E-state index contributed by atoms with van der Waals surface area (Å²) < 4.78 is 4.85. The molecule has 0 fully saturated rings. The molecule has 0 radical (unpaired) electrons. The number of hydrogen-bond acceptors (Lipinski definition) is 7. The molecule has 0 bridgehead atoms. The molecule has 0 atom stereocenters. The number of anilines is 1. The van der Waals surface area contributed by atoms with E-state index >= 15 is 0 Å². The number of esters is 1. The molecular formula is C17H16N4O5. The molecule has 0 aliphatic rings. The van der Waals surface area contributed by atoms with E-state index in [1.165, 1.54) is 18.2 Å². The lowest BCUT2D eigenvalue weighted by molar-refractivity contribution is -0.384. The van der Waals surface area contributed by atoms with Gasteiger partial charge in [-0.3, -0.25) is 25.7 Å². The number of amidine groups is 1. The first kappa shape index (κ1) is 18.6. The van der Waals surface area contributed by atoms with Crippen LogP contribution in [0.25, 0.3) is 0 Å². The average molecular weight is 356 g/mol. The van der Waals surface area contributed by atoms with Crippen LogP contribution >= 0.6 is 0 Å². The number of amides is 1. The molecule has 0 aliphatic carbocycles. The Hall–Kier alpha value is -3.75. The van der Waals surface area contributed by atoms with Crippen molar-refractivity contribution in [2.24, 2.45) is 5.10 Å². The Morgan fingerprint density at radius 1 is 1.12 bits per heavy atom. The van der Waals surface area contributed by atoms with E-state index in [0.29, 0.717) is 5.56 Å². The first-order valence-corrected chi connectivity index (χ1v) is 7.63. The van der Waals surface area contributed by atoms with Gasteiger partial charge in [0.1, 0.15) is 5.69 Å². The number of ether oxygens (including phenoxy) is 1. The number of carbonyl (C=O) groups excluding carboxylic acids is 2. The van der Waals surface area contributed by atoms with Gasteiger partial charge in [-0.2, -0.15) is 0 Å². The second kappa shape index (κ2) is 8.92. The lowest BCUT2D eigenvalue weighted by atomic mass is 10.2. The normalized spacial score (nSPS) is 10.7. The van der Waals surface area contributed by atoms with Gasteiger partial charge in [0.2, 0.25) is 5.84 Å². The standard InChI is InChI=1S/C17H16N4O5/c1-2-26-17(23)15(18-16(22)12-8-4-3-5-9-12)20-19-13-10-6-7-11-14(13)21(24)25/h3-11,19H,2H2,1H3,(H,18,20,22). The maximum atomic E-state index is 12.2. The van der Waals surface area contributed by atoms with E-state index in [-0.39, 0.29) is 18.0 Å². The Kier molecular flexibility index (Phi) is 6.38. The molecule has 134 valence electrons. The lowest BCUT2D eigenvalue weighted by Crippen LogP contribution is -2.38. The predicted molar refractivity (Wildman–Crippen MR) is 94.7 cm³/mol. The molecule has 0 saturated carbocycles. The summed E-state index contributed by atoms with van der Waals surface area (Å²) in [5.41, 5.74) is 2.57. The SMILES string of the molecule is CCOC(=O)/C(=N\Nc1ccccc1[N+](=O)[O-])NC(=O)c1ccccc1. The van der Waals surface area contributed by atoms with Crippen LogP contribution in [0.1, 0.15) is 17.3 Å². The van der Waals surface area contributed by atoms with Gasteiger partial charge in [-0.05, 0) is 25.1 Å². The summed E-state index contributed by atoms with van der Waals surface area (Å²) in [7, 11) is 0. The van der Waals surface area contributed by atoms with E-state index in [1.807, 2.05) is 0 Å². The number of hydrogen-bond donors (Lipinski definition) is 2. The van der Waals surface area contributed by atoms with Crippen molar-refractivity contribution in [3.05, 3.63) is 70.3 Å². The third kappa shape index (κ3) is 4.87. The fraction of sp³-hybridized carbons (Fsp3) is 0.118. The summed E-state index contributed by atoms with van der Waals surface area (Å²) >= 11 is 0. The Balaban J connectivity index is 2.24. The number of nitrogens with one attached hydrogen (secondary N) is 2. The molecule has 0 saturated heterocycles. The van der Waals surface area contributed by atoms with Crippen molar-refractivity contribution in [3.63, 3.8) is 0 Å². The summed E-state index contributed by atoms with van der Waals surface area (Å²) in [5.74, 6) is -1.86. The maximum Gasteiger partial charge on any atom is 0.376 e. The summed E-state index contributed by atoms with van der Waals surface area (Å²) in [6.45, 7) is 1.68. The van der Waals surface area contributed by atoms with Gasteiger partial charge in [-0.1, -0.05) is 30.3 Å². The summed E-state index contributed by atoms with van der Waals surface area (Å²) in [6, 6.07) is 14.0. The lowest BCUT2D eigenvalue weighted by Gasteiger charge is -2.09. The second-order valence-corrected chi connectivity index (χ2v) is 4.89. The molecule has 2 aromatic carbocycles. The van der Waals surface area contributed by atoms with Crippen molar-refractivity contribution >= 4 is 29.1 Å². The average Bonchev–Trinajstić information content (AvgIpc) is 2.66. The molecule has 0 unspecified atom stereocenters. The molecule has 26 heavy (non-hydrogen) atoms. The fourth-order valence-electron chi connectivity index (χ4n) is 1.94. The highest BCUT2D eigenvalue weighted by molar-refractivity contribution is 6.39. The van der Waals surface area contributed by atoms with E-state index < -0.39 is 22.6 Å². The third-order valence-corrected chi connectivity index (χ3v) is 3.13. The van der Waals surface area contributed by atoms with Gasteiger partial charge >= 0.3 is 5.97 Å². The van der Waals surface area contributed by atoms with Crippen LogP contribution in [0.3, 0.4) is 0 Å². The molecule has 2 aromatic rings. The second-order valence-electron chi connectivity index (χ2n) is 4.89. The molecule has 0 aromatic heterocycles. The van der Waals surface area contributed by atoms with Gasteiger partial charge in [0.25, 0.3) is 11.6 Å². The molecule has 0 heterocycles. The predicted octanol–water partition coefficient (Wildman–Crippen LogP) is 2.31. The highest BCUT2D eigenvalue weighted by atomic mass is 16.6. The van der Waals surface area contributed by atoms with Crippen molar-refractivity contribution in [2.75, 3.05) is 12.0 Å². The number of rotatable bonds is 5. The summed E-state index contributed by atoms with van der Waals surface area (Å²) in [5, 5.41) is 17.1. The van der Waals surface area contributed by atoms with Crippen molar-refractivity contribution < 1.29 is 19.2 Å². The van der Waals surface area contributed by atoms with Gasteiger partial charge in [0.05, 0.1) is 11.5 Å². The van der Waals surface area contributed by atoms with E-state index in [9.17, 15) is 19.7 Å². The minimum atomic E-state index is -0.872. The van der Waals surface area contributed by atoms with Crippen molar-refractivity contribution in [3.8, 4) is 0 Å². The number of benzene rings is 2. The zero-order valence-corrected chi connectivity index (χ0v) is 13.8. The highest BCUT2D eigenvalue weighted by Crippen LogP contribution is 2.22. The number of nitro groups is 1. The zero-order valence-electron chi connectivity index (χ0n) is 13.8. The van der Waals surface area contributed by atoms with E-state index in [0.717, 1.165) is 0 Å². The first-order valence-electron chi connectivity index (χ1n) is 7.63. The number of carbonyl (C=O) groups is 2. The molecule has 9 nitrogen and oxygen atoms in total. The Bertz CT molecular complexity index is 836. The topological polar surface area (TPSA) is 123 Å². The number of para-hydroxylation sites is 2. The van der Waals surface area contributed by atoms with Crippen molar-refractivity contribution in [1.82, 2.24) is 5.32 Å². The summed E-state index contributed by atoms with van der Waals surface area (Å²) in [6.07, 6.45) is 0. The quantitative estimate of drug-likeness (QED) is 0.279. The van der Waals surface area contributed by atoms with Crippen LogP contribution in [-0.2, 0) is 9.53 Å². The molecule has 2 N–H and O–H groups in total. The Morgan fingerprint density at radius 2 is 1.77 bits per heavy atom. The first-order chi connectivity index (χ1) is 12.5. The van der Waals surface area contributed by atoms with Crippen LogP contribution in [0.5, 0.6) is 0 Å². The zero-order chi connectivity index (χ0) is 18.9. The van der Waals surface area contributed by atoms with Crippen molar-refractivity contribution in [2.45, 2.75) is 6.92 Å². The minimum Gasteiger partial charge on any atom is -0.460 e. The van der Waals surface area contributed by atoms with E-state index in [1.54, 1.807) is 43.3 Å².